The number of phenols is 1. The molecule has 3 fully saturated rings. The average Bonchev–Trinajstić information content (AvgIpc) is 3.53. The van der Waals surface area contributed by atoms with E-state index in [9.17, 15) is 19.8 Å². The van der Waals surface area contributed by atoms with Crippen molar-refractivity contribution < 1.29 is 34.0 Å². The quantitative estimate of drug-likeness (QED) is 0.367. The number of aliphatic hydroxyl groups is 1. The number of carbonyl (C=O) groups is 2. The van der Waals surface area contributed by atoms with E-state index >= 15 is 0 Å². The van der Waals surface area contributed by atoms with E-state index in [1.165, 1.54) is 29.8 Å². The molecule has 6 rings (SSSR count). The lowest BCUT2D eigenvalue weighted by atomic mass is 9.59. The monoisotopic (exact) mass is 533 g/mol. The highest BCUT2D eigenvalue weighted by Crippen LogP contribution is 2.89. The number of rotatable bonds is 6. The van der Waals surface area contributed by atoms with Crippen molar-refractivity contribution in [1.29, 1.82) is 0 Å². The number of amides is 1. The second kappa shape index (κ2) is 8.32. The third-order valence-corrected chi connectivity index (χ3v) is 10.3. The van der Waals surface area contributed by atoms with Crippen LogP contribution in [0.15, 0.2) is 55.1 Å². The maximum Gasteiger partial charge on any atom is 0.407 e. The molecule has 0 radical (unpaired) electrons. The van der Waals surface area contributed by atoms with Gasteiger partial charge in [-0.1, -0.05) is 63.7 Å². The minimum absolute atomic E-state index is 0.0191. The Bertz CT molecular complexity index is 1370. The number of ether oxygens (including phenoxy) is 3. The molecule has 8 nitrogen and oxygen atoms in total. The van der Waals surface area contributed by atoms with Crippen LogP contribution in [-0.4, -0.2) is 46.7 Å². The summed E-state index contributed by atoms with van der Waals surface area (Å²) in [5.74, 6) is -0.715. The van der Waals surface area contributed by atoms with E-state index in [-0.39, 0.29) is 23.7 Å². The van der Waals surface area contributed by atoms with E-state index in [1.807, 2.05) is 12.1 Å². The molecule has 1 saturated heterocycles. The number of alkyl carbamates (subject to hydrolysis) is 1. The van der Waals surface area contributed by atoms with Gasteiger partial charge in [-0.25, -0.2) is 9.59 Å². The zero-order chi connectivity index (χ0) is 28.0. The van der Waals surface area contributed by atoms with Gasteiger partial charge in [0.25, 0.3) is 0 Å². The molecule has 4 aliphatic rings. The summed E-state index contributed by atoms with van der Waals surface area (Å²) in [5, 5.41) is 23.5. The maximum atomic E-state index is 13.5. The fourth-order valence-corrected chi connectivity index (χ4v) is 8.23. The predicted molar refractivity (Wildman–Crippen MR) is 142 cm³/mol. The van der Waals surface area contributed by atoms with Crippen molar-refractivity contribution in [1.82, 2.24) is 5.32 Å². The van der Waals surface area contributed by atoms with Crippen LogP contribution in [0.25, 0.3) is 5.57 Å². The normalized spacial score (nSPS) is 34.2. The SMILES string of the molecule is C=C1C[C@@]23O[C@]2(c2ccccc21)C1CC(OC(=O)[C@H](O)[C@@H](NC(=O)OCC)c2ccc(O)cc2)C3(C)C1(C)C. The molecule has 2 saturated carbocycles. The number of epoxide rings is 1. The lowest BCUT2D eigenvalue weighted by Gasteiger charge is -2.45. The molecule has 2 aromatic rings. The standard InChI is InChI=1S/C31H35NO7/c1-6-37-27(36)32-24(18-11-13-19(33)14-12-18)25(34)26(35)38-23-15-22-28(3,4)29(23,5)30-16-17(2)20-9-7-8-10-21(20)31(22,30)39-30/h7-14,22-25,33-34H,2,6,15-16H2,1,3-5H3,(H,32,36)/t22?,23?,24-,25+,29?,30-,31+/m0/s1. The first-order chi connectivity index (χ1) is 18.4. The van der Waals surface area contributed by atoms with Crippen LogP contribution in [0, 0.1) is 16.7 Å². The van der Waals surface area contributed by atoms with Crippen molar-refractivity contribution in [2.45, 2.75) is 70.0 Å². The van der Waals surface area contributed by atoms with E-state index < -0.39 is 46.9 Å². The highest BCUT2D eigenvalue weighted by atomic mass is 16.6. The Hall–Kier alpha value is -3.36. The van der Waals surface area contributed by atoms with Crippen molar-refractivity contribution in [3.63, 3.8) is 0 Å². The molecule has 1 heterocycles. The Morgan fingerprint density at radius 1 is 1.15 bits per heavy atom. The summed E-state index contributed by atoms with van der Waals surface area (Å²) in [6, 6.07) is 13.1. The van der Waals surface area contributed by atoms with Crippen molar-refractivity contribution in [3.8, 4) is 5.75 Å². The number of esters is 1. The number of phenolic OH excluding ortho intramolecular Hbond substituents is 1. The van der Waals surface area contributed by atoms with Gasteiger partial charge in [-0.3, -0.25) is 0 Å². The second-order valence-corrected chi connectivity index (χ2v) is 12.0. The summed E-state index contributed by atoms with van der Waals surface area (Å²) in [4.78, 5) is 25.8. The van der Waals surface area contributed by atoms with Gasteiger partial charge in [0.05, 0.1) is 12.6 Å². The Morgan fingerprint density at radius 2 is 1.85 bits per heavy atom. The minimum atomic E-state index is -1.70. The summed E-state index contributed by atoms with van der Waals surface area (Å²) in [6.07, 6.45) is -1.73. The lowest BCUT2D eigenvalue weighted by Crippen LogP contribution is -2.53. The first-order valence-electron chi connectivity index (χ1n) is 13.5. The van der Waals surface area contributed by atoms with E-state index in [0.29, 0.717) is 18.4 Å². The molecule has 206 valence electrons. The van der Waals surface area contributed by atoms with Crippen LogP contribution in [0.4, 0.5) is 4.79 Å². The smallest absolute Gasteiger partial charge is 0.407 e. The number of aromatic hydroxyl groups is 1. The van der Waals surface area contributed by atoms with Crippen LogP contribution >= 0.6 is 0 Å². The largest absolute Gasteiger partial charge is 0.508 e. The molecule has 2 bridgehead atoms. The molecular weight excluding hydrogens is 498 g/mol. The molecule has 7 atom stereocenters. The first-order valence-corrected chi connectivity index (χ1v) is 13.5. The Kier molecular flexibility index (Phi) is 5.52. The molecular formula is C31H35NO7. The van der Waals surface area contributed by atoms with Crippen LogP contribution in [0.5, 0.6) is 5.75 Å². The van der Waals surface area contributed by atoms with Gasteiger partial charge in [0, 0.05) is 17.8 Å². The molecule has 1 aliphatic heterocycles. The fraction of sp³-hybridized carbons (Fsp3) is 0.484. The highest BCUT2D eigenvalue weighted by molar-refractivity contribution is 5.79. The van der Waals surface area contributed by atoms with E-state index in [2.05, 4.69) is 44.8 Å². The number of fused-ring (bicyclic) bond motifs is 3. The van der Waals surface area contributed by atoms with Gasteiger partial charge >= 0.3 is 12.1 Å². The number of carbonyl (C=O) groups excluding carboxylic acids is 2. The molecule has 2 aromatic carbocycles. The van der Waals surface area contributed by atoms with Gasteiger partial charge in [0.1, 0.15) is 23.1 Å². The minimum Gasteiger partial charge on any atom is -0.508 e. The molecule has 8 heteroatoms. The second-order valence-electron chi connectivity index (χ2n) is 12.0. The van der Waals surface area contributed by atoms with Gasteiger partial charge in [-0.05, 0) is 53.2 Å². The van der Waals surface area contributed by atoms with Crippen LogP contribution in [0.1, 0.15) is 63.3 Å². The maximum absolute atomic E-state index is 13.5. The molecule has 3 aliphatic carbocycles. The lowest BCUT2D eigenvalue weighted by molar-refractivity contribution is -0.172. The van der Waals surface area contributed by atoms with Gasteiger partial charge < -0.3 is 29.7 Å². The van der Waals surface area contributed by atoms with Crippen molar-refractivity contribution in [2.75, 3.05) is 6.61 Å². The van der Waals surface area contributed by atoms with Crippen molar-refractivity contribution >= 4 is 17.6 Å². The summed E-state index contributed by atoms with van der Waals surface area (Å²) in [7, 11) is 0. The van der Waals surface area contributed by atoms with E-state index in [0.717, 1.165) is 11.1 Å². The van der Waals surface area contributed by atoms with Crippen molar-refractivity contribution in [2.24, 2.45) is 16.7 Å². The predicted octanol–water partition coefficient (Wildman–Crippen LogP) is 4.60. The number of hydrogen-bond acceptors (Lipinski definition) is 7. The topological polar surface area (TPSA) is 118 Å². The van der Waals surface area contributed by atoms with Crippen LogP contribution in [-0.2, 0) is 24.6 Å². The Balaban J connectivity index is 1.30. The number of nitrogens with one attached hydrogen (secondary N) is 1. The first kappa shape index (κ1) is 25.9. The van der Waals surface area contributed by atoms with Crippen LogP contribution in [0.3, 0.4) is 0 Å². The Morgan fingerprint density at radius 3 is 2.54 bits per heavy atom. The summed E-state index contributed by atoms with van der Waals surface area (Å²) < 4.78 is 17.9. The van der Waals surface area contributed by atoms with E-state index in [4.69, 9.17) is 14.2 Å². The zero-order valence-corrected chi connectivity index (χ0v) is 22.7. The Labute approximate surface area is 228 Å². The average molecular weight is 534 g/mol. The third-order valence-electron chi connectivity index (χ3n) is 10.3. The molecule has 0 aromatic heterocycles. The van der Waals surface area contributed by atoms with Crippen LogP contribution in [0.2, 0.25) is 0 Å². The third kappa shape index (κ3) is 3.13. The van der Waals surface area contributed by atoms with E-state index in [1.54, 1.807) is 6.92 Å². The number of benzene rings is 2. The number of aliphatic hydroxyl groups excluding tert-OH is 1. The van der Waals surface area contributed by atoms with Gasteiger partial charge in [-0.15, -0.1) is 0 Å². The van der Waals surface area contributed by atoms with Crippen LogP contribution < -0.4 is 5.32 Å². The summed E-state index contributed by atoms with van der Waals surface area (Å²) in [5.41, 5.74) is 1.99. The van der Waals surface area contributed by atoms with Gasteiger partial charge in [-0.2, -0.15) is 0 Å². The van der Waals surface area contributed by atoms with Gasteiger partial charge in [0.15, 0.2) is 6.10 Å². The molecule has 0 spiro atoms. The molecule has 3 unspecified atom stereocenters. The number of hydrogen-bond donors (Lipinski definition) is 3. The highest BCUT2D eigenvalue weighted by Gasteiger charge is 2.95. The van der Waals surface area contributed by atoms with Gasteiger partial charge in [0.2, 0.25) is 0 Å². The summed E-state index contributed by atoms with van der Waals surface area (Å²) in [6.45, 7) is 12.7. The molecule has 39 heavy (non-hydrogen) atoms. The molecule has 1 amide bonds. The molecule has 3 N–H and O–H groups in total. The van der Waals surface area contributed by atoms with Crippen molar-refractivity contribution in [3.05, 3.63) is 71.8 Å². The zero-order valence-electron chi connectivity index (χ0n) is 22.7. The fourth-order valence-electron chi connectivity index (χ4n) is 8.23. The summed E-state index contributed by atoms with van der Waals surface area (Å²) >= 11 is 0.